The summed E-state index contributed by atoms with van der Waals surface area (Å²) in [6.45, 7) is 11.0. The molecule has 5 nitrogen and oxygen atoms in total. The van der Waals surface area contributed by atoms with E-state index < -0.39 is 6.69 Å². The lowest BCUT2D eigenvalue weighted by atomic mass is 9.63. The molecule has 0 bridgehead atoms. The molecule has 2 saturated heterocycles. The molecule has 0 amide bonds. The van der Waals surface area contributed by atoms with Crippen molar-refractivity contribution in [3.8, 4) is 0 Å². The predicted molar refractivity (Wildman–Crippen MR) is 117 cm³/mol. The summed E-state index contributed by atoms with van der Waals surface area (Å²) >= 11 is 0. The Balaban J connectivity index is 0.000000645. The van der Waals surface area contributed by atoms with E-state index in [1.165, 1.54) is 21.5 Å². The first-order chi connectivity index (χ1) is 13.8. The van der Waals surface area contributed by atoms with Crippen LogP contribution in [0.3, 0.4) is 0 Å². The molecule has 3 aliphatic rings. The molecule has 5 rings (SSSR count). The largest absolute Gasteiger partial charge is 0.504 e. The van der Waals surface area contributed by atoms with Gasteiger partial charge in [0.25, 0.3) is 0 Å². The van der Waals surface area contributed by atoms with Gasteiger partial charge in [-0.2, -0.15) is 0 Å². The number of rotatable bonds is 1. The third-order valence-corrected chi connectivity index (χ3v) is 6.95. The average Bonchev–Trinajstić information content (AvgIpc) is 3.28. The van der Waals surface area contributed by atoms with Crippen molar-refractivity contribution in [1.29, 1.82) is 0 Å². The third kappa shape index (κ3) is 3.01. The van der Waals surface area contributed by atoms with Crippen LogP contribution in [0.1, 0.15) is 46.3 Å². The van der Waals surface area contributed by atoms with E-state index in [9.17, 15) is 0 Å². The molecule has 156 valence electrons. The minimum atomic E-state index is -1.56. The molecule has 1 unspecified atom stereocenters. The van der Waals surface area contributed by atoms with Gasteiger partial charge in [0.2, 0.25) is 0 Å². The van der Waals surface area contributed by atoms with Crippen LogP contribution < -0.4 is 15.2 Å². The van der Waals surface area contributed by atoms with Gasteiger partial charge in [0.15, 0.2) is 0 Å². The Labute approximate surface area is 174 Å². The first-order valence-corrected chi connectivity index (χ1v) is 10.7. The second-order valence-electron chi connectivity index (χ2n) is 9.17. The molecule has 0 radical (unpaired) electrons. The maximum atomic E-state index is 7.57. The van der Waals surface area contributed by atoms with E-state index in [-0.39, 0.29) is 24.0 Å². The number of nitrogens with one attached hydrogen (secondary N) is 1. The summed E-state index contributed by atoms with van der Waals surface area (Å²) in [7, 11) is 0. The number of aliphatic hydroxyl groups excluding tert-OH is 1. The molecule has 0 aliphatic carbocycles. The van der Waals surface area contributed by atoms with Crippen LogP contribution in [0.15, 0.2) is 54.6 Å². The molecule has 2 N–H and O–H groups in total. The van der Waals surface area contributed by atoms with Gasteiger partial charge in [-0.3, -0.25) is 0 Å². The number of benzene rings is 2. The van der Waals surface area contributed by atoms with Crippen molar-refractivity contribution in [1.82, 2.24) is 0 Å². The number of hydrogen-bond donors (Lipinski definition) is 2. The summed E-state index contributed by atoms with van der Waals surface area (Å²) in [5.74, 6) is 0. The van der Waals surface area contributed by atoms with Crippen LogP contribution in [-0.2, 0) is 9.31 Å². The Hall–Kier alpha value is -1.86. The van der Waals surface area contributed by atoms with Gasteiger partial charge in [-0.15, -0.1) is 0 Å². The van der Waals surface area contributed by atoms with Crippen molar-refractivity contribution in [2.24, 2.45) is 0 Å². The van der Waals surface area contributed by atoms with Crippen molar-refractivity contribution >= 4 is 17.8 Å². The van der Waals surface area contributed by atoms with E-state index >= 15 is 0 Å². The fourth-order valence-corrected chi connectivity index (χ4v) is 5.10. The smallest absolute Gasteiger partial charge is 0.503 e. The van der Waals surface area contributed by atoms with E-state index in [1.54, 1.807) is 6.92 Å². The lowest BCUT2D eigenvalue weighted by Gasteiger charge is -2.38. The van der Waals surface area contributed by atoms with E-state index in [1.807, 2.05) is 0 Å². The molecule has 3 aliphatic heterocycles. The Kier molecular flexibility index (Phi) is 5.02. The van der Waals surface area contributed by atoms with Crippen molar-refractivity contribution in [3.63, 3.8) is 0 Å². The fourth-order valence-electron chi connectivity index (χ4n) is 5.10. The van der Waals surface area contributed by atoms with E-state index in [0.717, 1.165) is 13.1 Å². The number of aliphatic hydroxyl groups is 1. The first kappa shape index (κ1) is 20.4. The first-order valence-electron chi connectivity index (χ1n) is 10.7. The molecule has 2 aromatic rings. The highest BCUT2D eigenvalue weighted by molar-refractivity contribution is 6.75. The number of anilines is 1. The van der Waals surface area contributed by atoms with Crippen molar-refractivity contribution in [2.75, 3.05) is 24.6 Å². The van der Waals surface area contributed by atoms with Gasteiger partial charge in [0.1, 0.15) is 6.17 Å². The van der Waals surface area contributed by atoms with Gasteiger partial charge in [-0.1, -0.05) is 47.9 Å². The summed E-state index contributed by atoms with van der Waals surface area (Å²) in [6.07, 6.45) is 0.248. The lowest BCUT2D eigenvalue weighted by molar-refractivity contribution is -0.826. The molecule has 2 aromatic carbocycles. The molecular formula is C23H33BN2O3. The Morgan fingerprint density at radius 3 is 2.17 bits per heavy atom. The Morgan fingerprint density at radius 1 is 1.00 bits per heavy atom. The minimum Gasteiger partial charge on any atom is -0.503 e. The molecule has 3 heterocycles. The highest BCUT2D eigenvalue weighted by Gasteiger charge is 2.67. The van der Waals surface area contributed by atoms with Gasteiger partial charge < -0.3 is 24.1 Å². The van der Waals surface area contributed by atoms with Crippen LogP contribution in [0.25, 0.3) is 0 Å². The minimum absolute atomic E-state index is 0.248. The second kappa shape index (κ2) is 7.13. The number of hydrogen-bond acceptors (Lipinski definition) is 4. The monoisotopic (exact) mass is 396 g/mol. The van der Waals surface area contributed by atoms with Crippen LogP contribution in [0.5, 0.6) is 0 Å². The van der Waals surface area contributed by atoms with E-state index in [4.69, 9.17) is 14.4 Å². The molecule has 2 fully saturated rings. The molecule has 2 atom stereocenters. The molecule has 0 saturated carbocycles. The molecule has 1 spiro atoms. The van der Waals surface area contributed by atoms with Crippen LogP contribution in [0, 0.1) is 0 Å². The summed E-state index contributed by atoms with van der Waals surface area (Å²) < 4.78 is 13.6. The second-order valence-corrected chi connectivity index (χ2v) is 9.17. The third-order valence-electron chi connectivity index (χ3n) is 6.95. The highest BCUT2D eigenvalue weighted by atomic mass is 16.7. The number of quaternary nitrogens is 1. The SMILES string of the molecule is CC1(C)O[B-]2(OC1(C)C)c1ccccc1[C@@H]1N(c3ccccc3)CC[NH+]12.CCO. The maximum absolute atomic E-state index is 7.57. The zero-order valence-corrected chi connectivity index (χ0v) is 18.2. The molecule has 6 heteroatoms. The summed E-state index contributed by atoms with van der Waals surface area (Å²) in [6, 6.07) is 19.4. The number of para-hydroxylation sites is 1. The van der Waals surface area contributed by atoms with Crippen LogP contribution >= 0.6 is 0 Å². The summed E-state index contributed by atoms with van der Waals surface area (Å²) in [5.41, 5.74) is 3.19. The fraction of sp³-hybridized carbons (Fsp3) is 0.478. The lowest BCUT2D eigenvalue weighted by Crippen LogP contribution is -3.22. The molecule has 0 aromatic heterocycles. The quantitative estimate of drug-likeness (QED) is 0.723. The molecule has 29 heavy (non-hydrogen) atoms. The maximum Gasteiger partial charge on any atom is 0.504 e. The zero-order valence-electron chi connectivity index (χ0n) is 18.2. The predicted octanol–water partition coefficient (Wildman–Crippen LogP) is 1.85. The van der Waals surface area contributed by atoms with Gasteiger partial charge in [-0.05, 0) is 46.8 Å². The number of nitrogens with zero attached hydrogens (tertiary/aromatic N) is 1. The standard InChI is InChI=1S/C21H27BN2O2.C2H6O/c1-20(2)21(3,4)26-22(25-20)18-13-9-8-12-17(18)19-23(14-15-24(19)22)16-10-6-5-7-11-16;1-2-3/h5-13,19,24H,14-15H2,1-4H3;3H,2H2,1H3/t19-;/m1./s1. The van der Waals surface area contributed by atoms with Gasteiger partial charge in [-0.25, -0.2) is 0 Å². The van der Waals surface area contributed by atoms with Crippen LogP contribution in [0.2, 0.25) is 0 Å². The van der Waals surface area contributed by atoms with E-state index in [2.05, 4.69) is 87.2 Å². The van der Waals surface area contributed by atoms with Crippen molar-refractivity contribution < 1.29 is 19.2 Å². The van der Waals surface area contributed by atoms with Gasteiger partial charge in [0, 0.05) is 29.1 Å². The summed E-state index contributed by atoms with van der Waals surface area (Å²) in [5, 5.41) is 7.57. The summed E-state index contributed by atoms with van der Waals surface area (Å²) in [4.78, 5) is 3.92. The normalized spacial score (nSPS) is 27.3. The van der Waals surface area contributed by atoms with Crippen LogP contribution in [-0.4, -0.2) is 42.7 Å². The zero-order chi connectivity index (χ0) is 20.9. The van der Waals surface area contributed by atoms with Gasteiger partial charge >= 0.3 is 6.69 Å². The Bertz CT molecular complexity index is 855. The number of fused-ring (bicyclic) bond motifs is 5. The van der Waals surface area contributed by atoms with Gasteiger partial charge in [0.05, 0.1) is 13.1 Å². The topological polar surface area (TPSA) is 46.4 Å². The van der Waals surface area contributed by atoms with Crippen molar-refractivity contribution in [3.05, 3.63) is 60.2 Å². The Morgan fingerprint density at radius 2 is 1.55 bits per heavy atom. The van der Waals surface area contributed by atoms with E-state index in [0.29, 0.717) is 0 Å². The van der Waals surface area contributed by atoms with Crippen molar-refractivity contribution in [2.45, 2.75) is 52.0 Å². The van der Waals surface area contributed by atoms with Crippen LogP contribution in [0.4, 0.5) is 5.69 Å². The average molecular weight is 396 g/mol. The highest BCUT2D eigenvalue weighted by Crippen LogP contribution is 2.43. The molecular weight excluding hydrogens is 363 g/mol.